The monoisotopic (exact) mass is 291 g/mol. The first kappa shape index (κ1) is 15.2. The van der Waals surface area contributed by atoms with E-state index >= 15 is 0 Å². The summed E-state index contributed by atoms with van der Waals surface area (Å²) in [6, 6.07) is 1.82. The third-order valence-electron chi connectivity index (χ3n) is 2.73. The van der Waals surface area contributed by atoms with E-state index < -0.39 is 0 Å². The summed E-state index contributed by atoms with van der Waals surface area (Å²) >= 11 is 0. The topological polar surface area (TPSA) is 89.8 Å². The highest BCUT2D eigenvalue weighted by atomic mass is 16.5. The van der Waals surface area contributed by atoms with Gasteiger partial charge in [-0.15, -0.1) is 0 Å². The average molecular weight is 291 g/mol. The van der Waals surface area contributed by atoms with Crippen LogP contribution in [0.25, 0.3) is 5.95 Å². The van der Waals surface area contributed by atoms with E-state index in [1.165, 1.54) is 0 Å². The third kappa shape index (κ3) is 4.67. The predicted molar refractivity (Wildman–Crippen MR) is 80.7 cm³/mol. The summed E-state index contributed by atoms with van der Waals surface area (Å²) in [4.78, 5) is 12.8. The lowest BCUT2D eigenvalue weighted by Gasteiger charge is -2.08. The Hall–Kier alpha value is -2.22. The molecule has 2 aromatic heterocycles. The Labute approximate surface area is 124 Å². The Morgan fingerprint density at radius 3 is 2.76 bits per heavy atom. The second-order valence-corrected chi connectivity index (χ2v) is 4.38. The van der Waals surface area contributed by atoms with E-state index in [0.29, 0.717) is 31.0 Å². The Balaban J connectivity index is 1.94. The summed E-state index contributed by atoms with van der Waals surface area (Å²) in [6.45, 7) is 4.20. The van der Waals surface area contributed by atoms with Crippen molar-refractivity contribution in [3.8, 4) is 5.95 Å². The summed E-state index contributed by atoms with van der Waals surface area (Å²) in [5.41, 5.74) is 0. The molecule has 0 aliphatic carbocycles. The van der Waals surface area contributed by atoms with Gasteiger partial charge in [-0.2, -0.15) is 20.1 Å². The number of ether oxygens (including phenoxy) is 1. The van der Waals surface area contributed by atoms with Crippen molar-refractivity contribution in [2.75, 3.05) is 37.4 Å². The van der Waals surface area contributed by atoms with Gasteiger partial charge in [-0.3, -0.25) is 0 Å². The molecule has 0 amide bonds. The number of nitrogens with zero attached hydrogens (tertiary/aromatic N) is 5. The Morgan fingerprint density at radius 1 is 1.19 bits per heavy atom. The lowest BCUT2D eigenvalue weighted by Crippen LogP contribution is -2.15. The van der Waals surface area contributed by atoms with Crippen molar-refractivity contribution in [2.24, 2.45) is 0 Å². The second-order valence-electron chi connectivity index (χ2n) is 4.38. The molecule has 8 nitrogen and oxygen atoms in total. The minimum absolute atomic E-state index is 0.466. The van der Waals surface area contributed by atoms with Crippen molar-refractivity contribution in [2.45, 2.75) is 19.8 Å². The van der Waals surface area contributed by atoms with E-state index in [2.05, 4.69) is 37.6 Å². The third-order valence-corrected chi connectivity index (χ3v) is 2.73. The smallest absolute Gasteiger partial charge is 0.257 e. The molecule has 0 fully saturated rings. The van der Waals surface area contributed by atoms with Crippen LogP contribution in [0.2, 0.25) is 0 Å². The normalized spacial score (nSPS) is 10.6. The number of rotatable bonds is 9. The van der Waals surface area contributed by atoms with Crippen LogP contribution in [0.4, 0.5) is 11.9 Å². The van der Waals surface area contributed by atoms with Gasteiger partial charge in [-0.1, -0.05) is 13.3 Å². The maximum absolute atomic E-state index is 5.49. The molecule has 8 heteroatoms. The van der Waals surface area contributed by atoms with Gasteiger partial charge in [0.2, 0.25) is 11.9 Å². The van der Waals surface area contributed by atoms with Crippen molar-refractivity contribution in [1.29, 1.82) is 0 Å². The molecule has 0 saturated carbocycles. The Morgan fingerprint density at radius 2 is 2.05 bits per heavy atom. The van der Waals surface area contributed by atoms with Gasteiger partial charge in [-0.25, -0.2) is 4.68 Å². The van der Waals surface area contributed by atoms with Gasteiger partial charge in [0.1, 0.15) is 0 Å². The van der Waals surface area contributed by atoms with E-state index in [1.54, 1.807) is 24.1 Å². The molecule has 0 radical (unpaired) electrons. The van der Waals surface area contributed by atoms with Crippen molar-refractivity contribution < 1.29 is 4.74 Å². The summed E-state index contributed by atoms with van der Waals surface area (Å²) < 4.78 is 7.08. The van der Waals surface area contributed by atoms with Crippen LogP contribution in [-0.4, -0.2) is 51.5 Å². The molecule has 0 aromatic carbocycles. The lowest BCUT2D eigenvalue weighted by atomic mass is 10.4. The van der Waals surface area contributed by atoms with Crippen LogP contribution >= 0.6 is 0 Å². The number of anilines is 2. The van der Waals surface area contributed by atoms with Crippen LogP contribution in [0.1, 0.15) is 19.8 Å². The first-order chi connectivity index (χ1) is 10.3. The molecular weight excluding hydrogens is 270 g/mol. The van der Waals surface area contributed by atoms with Gasteiger partial charge in [0.05, 0.1) is 6.61 Å². The first-order valence-electron chi connectivity index (χ1n) is 7.09. The fourth-order valence-electron chi connectivity index (χ4n) is 1.63. The van der Waals surface area contributed by atoms with E-state index in [1.807, 2.05) is 6.07 Å². The molecule has 0 bridgehead atoms. The second kappa shape index (κ2) is 8.15. The number of nitrogens with one attached hydrogen (secondary N) is 2. The highest BCUT2D eigenvalue weighted by molar-refractivity contribution is 5.37. The molecule has 114 valence electrons. The van der Waals surface area contributed by atoms with Crippen LogP contribution in [0.3, 0.4) is 0 Å². The highest BCUT2D eigenvalue weighted by Crippen LogP contribution is 2.07. The van der Waals surface area contributed by atoms with Crippen molar-refractivity contribution >= 4 is 11.9 Å². The molecule has 2 N–H and O–H groups in total. The van der Waals surface area contributed by atoms with Gasteiger partial charge in [0, 0.05) is 32.6 Å². The summed E-state index contributed by atoms with van der Waals surface area (Å²) in [6.07, 6.45) is 5.68. The van der Waals surface area contributed by atoms with Crippen LogP contribution < -0.4 is 10.6 Å². The van der Waals surface area contributed by atoms with Crippen molar-refractivity contribution in [1.82, 2.24) is 24.7 Å². The summed E-state index contributed by atoms with van der Waals surface area (Å²) in [5.74, 6) is 1.46. The largest absolute Gasteiger partial charge is 0.380 e. The predicted octanol–water partition coefficient (Wildman–Crippen LogP) is 1.33. The van der Waals surface area contributed by atoms with Crippen LogP contribution in [0.15, 0.2) is 18.5 Å². The van der Waals surface area contributed by atoms with Gasteiger partial charge in [0.25, 0.3) is 5.95 Å². The number of unbranched alkanes of at least 4 members (excludes halogenated alkanes) is 1. The SMILES string of the molecule is CCCCOCCNc1nc(NC)nc(-n2cccn2)n1. The average Bonchev–Trinajstić information content (AvgIpc) is 3.05. The van der Waals surface area contributed by atoms with Gasteiger partial charge >= 0.3 is 0 Å². The Bertz CT molecular complexity index is 529. The molecule has 21 heavy (non-hydrogen) atoms. The van der Waals surface area contributed by atoms with Crippen LogP contribution in [-0.2, 0) is 4.74 Å². The highest BCUT2D eigenvalue weighted by Gasteiger charge is 2.07. The van der Waals surface area contributed by atoms with E-state index in [9.17, 15) is 0 Å². The molecule has 2 aromatic rings. The number of hydrogen-bond acceptors (Lipinski definition) is 7. The first-order valence-corrected chi connectivity index (χ1v) is 7.09. The molecule has 0 aliphatic heterocycles. The number of hydrogen-bond donors (Lipinski definition) is 2. The van der Waals surface area contributed by atoms with E-state index in [0.717, 1.165) is 19.4 Å². The zero-order valence-electron chi connectivity index (χ0n) is 12.4. The molecule has 0 unspecified atom stereocenters. The number of aromatic nitrogens is 5. The molecule has 2 heterocycles. The minimum atomic E-state index is 0.466. The van der Waals surface area contributed by atoms with Crippen LogP contribution in [0.5, 0.6) is 0 Å². The molecular formula is C13H21N7O. The van der Waals surface area contributed by atoms with E-state index in [-0.39, 0.29) is 0 Å². The van der Waals surface area contributed by atoms with E-state index in [4.69, 9.17) is 4.74 Å². The molecule has 0 aliphatic rings. The quantitative estimate of drug-likeness (QED) is 0.673. The molecule has 0 spiro atoms. The summed E-state index contributed by atoms with van der Waals surface area (Å²) in [5, 5.41) is 10.2. The lowest BCUT2D eigenvalue weighted by molar-refractivity contribution is 0.141. The zero-order valence-corrected chi connectivity index (χ0v) is 12.4. The van der Waals surface area contributed by atoms with Gasteiger partial charge < -0.3 is 15.4 Å². The van der Waals surface area contributed by atoms with Crippen molar-refractivity contribution in [3.63, 3.8) is 0 Å². The Kier molecular flexibility index (Phi) is 5.89. The molecule has 0 saturated heterocycles. The molecule has 0 atom stereocenters. The van der Waals surface area contributed by atoms with Crippen molar-refractivity contribution in [3.05, 3.63) is 18.5 Å². The van der Waals surface area contributed by atoms with Gasteiger partial charge in [0.15, 0.2) is 0 Å². The maximum atomic E-state index is 5.49. The molecule has 2 rings (SSSR count). The zero-order chi connectivity index (χ0) is 14.9. The fraction of sp³-hybridized carbons (Fsp3) is 0.538. The fourth-order valence-corrected chi connectivity index (χ4v) is 1.63. The minimum Gasteiger partial charge on any atom is -0.380 e. The maximum Gasteiger partial charge on any atom is 0.257 e. The van der Waals surface area contributed by atoms with Crippen LogP contribution in [0, 0.1) is 0 Å². The standard InChI is InChI=1S/C13H21N7O/c1-3-4-9-21-10-7-15-12-17-11(14-2)18-13(19-12)20-8-5-6-16-20/h5-6,8H,3-4,7,9-10H2,1-2H3,(H2,14,15,17,18,19). The van der Waals surface area contributed by atoms with Gasteiger partial charge in [-0.05, 0) is 12.5 Å². The summed E-state index contributed by atoms with van der Waals surface area (Å²) in [7, 11) is 1.76.